The average Bonchev–Trinajstić information content (AvgIpc) is 2.20. The number of allylic oxidation sites excluding steroid dienone is 1. The minimum Gasteiger partial charge on any atom is -0.447 e. The molecule has 0 unspecified atom stereocenters. The van der Waals surface area contributed by atoms with Crippen LogP contribution in [0.4, 0.5) is 10.5 Å². The van der Waals surface area contributed by atoms with Crippen LogP contribution >= 0.6 is 0 Å². The first-order chi connectivity index (χ1) is 7.61. The molecule has 0 fully saturated rings. The number of hydrogen-bond acceptors (Lipinski definition) is 2. The van der Waals surface area contributed by atoms with Gasteiger partial charge in [-0.15, -0.1) is 0 Å². The fraction of sp³-hybridized carbons (Fsp3) is 0.308. The first-order valence-electron chi connectivity index (χ1n) is 5.32. The zero-order valence-corrected chi connectivity index (χ0v) is 9.86. The van der Waals surface area contributed by atoms with Crippen molar-refractivity contribution in [2.45, 2.75) is 26.9 Å². The lowest BCUT2D eigenvalue weighted by molar-refractivity contribution is 0.130. The zero-order valence-electron chi connectivity index (χ0n) is 9.86. The van der Waals surface area contributed by atoms with Gasteiger partial charge in [0.15, 0.2) is 0 Å². The molecule has 0 saturated heterocycles. The van der Waals surface area contributed by atoms with Gasteiger partial charge in [-0.2, -0.15) is 0 Å². The summed E-state index contributed by atoms with van der Waals surface area (Å²) in [6.45, 7) is 5.59. The topological polar surface area (TPSA) is 38.3 Å². The molecule has 86 valence electrons. The summed E-state index contributed by atoms with van der Waals surface area (Å²) in [5.74, 6) is 0. The number of carbonyl (C=O) groups is 1. The Hall–Kier alpha value is -1.77. The van der Waals surface area contributed by atoms with Crippen LogP contribution in [0.2, 0.25) is 0 Å². The standard InChI is InChI=1S/C13H17NO2/c1-4-5-11-6-8-12(9-7-11)14-13(15)16-10(2)3/h4-10H,1-3H3,(H,14,15)/b5-4+. The molecule has 0 saturated carbocycles. The Kier molecular flexibility index (Phi) is 4.58. The van der Waals surface area contributed by atoms with E-state index in [0.29, 0.717) is 0 Å². The van der Waals surface area contributed by atoms with Gasteiger partial charge in [-0.3, -0.25) is 5.32 Å². The van der Waals surface area contributed by atoms with Crippen molar-refractivity contribution in [3.05, 3.63) is 35.9 Å². The van der Waals surface area contributed by atoms with Crippen molar-refractivity contribution in [3.8, 4) is 0 Å². The van der Waals surface area contributed by atoms with E-state index in [1.807, 2.05) is 57.2 Å². The molecule has 1 rings (SSSR count). The van der Waals surface area contributed by atoms with Crippen molar-refractivity contribution < 1.29 is 9.53 Å². The van der Waals surface area contributed by atoms with Crippen molar-refractivity contribution in [2.24, 2.45) is 0 Å². The number of rotatable bonds is 3. The van der Waals surface area contributed by atoms with Crippen LogP contribution in [-0.4, -0.2) is 12.2 Å². The van der Waals surface area contributed by atoms with E-state index in [4.69, 9.17) is 4.74 Å². The summed E-state index contributed by atoms with van der Waals surface area (Å²) in [5, 5.41) is 2.66. The van der Waals surface area contributed by atoms with Gasteiger partial charge in [0.25, 0.3) is 0 Å². The molecule has 0 bridgehead atoms. The van der Waals surface area contributed by atoms with Gasteiger partial charge in [0.1, 0.15) is 0 Å². The van der Waals surface area contributed by atoms with Crippen molar-refractivity contribution >= 4 is 17.9 Å². The Balaban J connectivity index is 2.58. The maximum atomic E-state index is 11.3. The zero-order chi connectivity index (χ0) is 12.0. The highest BCUT2D eigenvalue weighted by atomic mass is 16.6. The fourth-order valence-corrected chi connectivity index (χ4v) is 1.23. The number of amides is 1. The summed E-state index contributed by atoms with van der Waals surface area (Å²) in [4.78, 5) is 11.3. The van der Waals surface area contributed by atoms with Crippen LogP contribution in [0, 0.1) is 0 Å². The summed E-state index contributed by atoms with van der Waals surface area (Å²) in [6.07, 6.45) is 3.43. The molecule has 1 N–H and O–H groups in total. The summed E-state index contributed by atoms with van der Waals surface area (Å²) >= 11 is 0. The van der Waals surface area contributed by atoms with Crippen molar-refractivity contribution in [1.82, 2.24) is 0 Å². The minimum absolute atomic E-state index is 0.109. The number of nitrogens with one attached hydrogen (secondary N) is 1. The third kappa shape index (κ3) is 4.17. The Bertz CT molecular complexity index is 366. The van der Waals surface area contributed by atoms with Crippen LogP contribution in [0.15, 0.2) is 30.3 Å². The molecular formula is C13H17NO2. The van der Waals surface area contributed by atoms with Gasteiger partial charge < -0.3 is 4.74 Å². The van der Waals surface area contributed by atoms with E-state index in [0.717, 1.165) is 11.3 Å². The smallest absolute Gasteiger partial charge is 0.411 e. The summed E-state index contributed by atoms with van der Waals surface area (Å²) in [6, 6.07) is 7.56. The third-order valence-electron chi connectivity index (χ3n) is 1.86. The molecule has 0 aliphatic rings. The highest BCUT2D eigenvalue weighted by molar-refractivity contribution is 5.84. The molecule has 0 aliphatic heterocycles. The van der Waals surface area contributed by atoms with E-state index in [1.54, 1.807) is 0 Å². The van der Waals surface area contributed by atoms with Crippen LogP contribution in [0.25, 0.3) is 6.08 Å². The maximum Gasteiger partial charge on any atom is 0.411 e. The second kappa shape index (κ2) is 5.95. The molecule has 3 nitrogen and oxygen atoms in total. The van der Waals surface area contributed by atoms with E-state index in [2.05, 4.69) is 5.32 Å². The molecule has 0 spiro atoms. The van der Waals surface area contributed by atoms with E-state index in [1.165, 1.54) is 0 Å². The van der Waals surface area contributed by atoms with Crippen molar-refractivity contribution in [3.63, 3.8) is 0 Å². The van der Waals surface area contributed by atoms with Crippen LogP contribution in [0.5, 0.6) is 0 Å². The Morgan fingerprint density at radius 2 is 1.94 bits per heavy atom. The minimum atomic E-state index is -0.422. The second-order valence-corrected chi connectivity index (χ2v) is 3.70. The third-order valence-corrected chi connectivity index (χ3v) is 1.86. The monoisotopic (exact) mass is 219 g/mol. The molecular weight excluding hydrogens is 202 g/mol. The quantitative estimate of drug-likeness (QED) is 0.842. The van der Waals surface area contributed by atoms with E-state index in [9.17, 15) is 4.79 Å². The largest absolute Gasteiger partial charge is 0.447 e. The van der Waals surface area contributed by atoms with E-state index in [-0.39, 0.29) is 6.10 Å². The van der Waals surface area contributed by atoms with Crippen LogP contribution < -0.4 is 5.32 Å². The molecule has 1 amide bonds. The lowest BCUT2D eigenvalue weighted by atomic mass is 10.2. The molecule has 1 aromatic carbocycles. The van der Waals surface area contributed by atoms with E-state index >= 15 is 0 Å². The number of anilines is 1. The van der Waals surface area contributed by atoms with Gasteiger partial charge in [-0.1, -0.05) is 24.3 Å². The second-order valence-electron chi connectivity index (χ2n) is 3.70. The molecule has 1 aromatic rings. The molecule has 0 atom stereocenters. The number of carbonyl (C=O) groups excluding carboxylic acids is 1. The van der Waals surface area contributed by atoms with Crippen LogP contribution in [0.3, 0.4) is 0 Å². The lowest BCUT2D eigenvalue weighted by Gasteiger charge is -2.09. The number of benzene rings is 1. The lowest BCUT2D eigenvalue weighted by Crippen LogP contribution is -2.17. The predicted molar refractivity (Wildman–Crippen MR) is 66.4 cm³/mol. The number of hydrogen-bond donors (Lipinski definition) is 1. The predicted octanol–water partition coefficient (Wildman–Crippen LogP) is 3.68. The SMILES string of the molecule is C/C=C/c1ccc(NC(=O)OC(C)C)cc1. The van der Waals surface area contributed by atoms with Gasteiger partial charge in [0, 0.05) is 5.69 Å². The highest BCUT2D eigenvalue weighted by Gasteiger charge is 2.04. The van der Waals surface area contributed by atoms with Gasteiger partial charge in [0.05, 0.1) is 6.10 Å². The Labute approximate surface area is 96.1 Å². The fourth-order valence-electron chi connectivity index (χ4n) is 1.23. The summed E-state index contributed by atoms with van der Waals surface area (Å²) in [5.41, 5.74) is 1.84. The molecule has 0 aromatic heterocycles. The average molecular weight is 219 g/mol. The van der Waals surface area contributed by atoms with Crippen molar-refractivity contribution in [2.75, 3.05) is 5.32 Å². The van der Waals surface area contributed by atoms with Gasteiger partial charge >= 0.3 is 6.09 Å². The van der Waals surface area contributed by atoms with E-state index < -0.39 is 6.09 Å². The Morgan fingerprint density at radius 3 is 2.44 bits per heavy atom. The highest BCUT2D eigenvalue weighted by Crippen LogP contribution is 2.11. The summed E-state index contributed by atoms with van der Waals surface area (Å²) < 4.78 is 4.97. The first kappa shape index (κ1) is 12.3. The normalized spacial score (nSPS) is 10.8. The molecule has 0 heterocycles. The number of ether oxygens (including phenoxy) is 1. The molecule has 0 aliphatic carbocycles. The van der Waals surface area contributed by atoms with Crippen molar-refractivity contribution in [1.29, 1.82) is 0 Å². The van der Waals surface area contributed by atoms with Crippen LogP contribution in [-0.2, 0) is 4.74 Å². The van der Waals surface area contributed by atoms with Crippen LogP contribution in [0.1, 0.15) is 26.3 Å². The van der Waals surface area contributed by atoms with Gasteiger partial charge in [-0.25, -0.2) is 4.79 Å². The molecule has 3 heteroatoms. The molecule has 0 radical (unpaired) electrons. The van der Waals surface area contributed by atoms with Gasteiger partial charge in [0.2, 0.25) is 0 Å². The van der Waals surface area contributed by atoms with Gasteiger partial charge in [-0.05, 0) is 38.5 Å². The Morgan fingerprint density at radius 1 is 1.31 bits per heavy atom. The summed E-state index contributed by atoms with van der Waals surface area (Å²) in [7, 11) is 0. The first-order valence-corrected chi connectivity index (χ1v) is 5.32. The maximum absolute atomic E-state index is 11.3. The molecule has 16 heavy (non-hydrogen) atoms.